The molecule has 1 aliphatic carbocycles. The van der Waals surface area contributed by atoms with Crippen LogP contribution in [0.2, 0.25) is 0 Å². The summed E-state index contributed by atoms with van der Waals surface area (Å²) in [5.74, 6) is 0.349. The molecule has 0 bridgehead atoms. The Balaban J connectivity index is 2.52. The second-order valence-electron chi connectivity index (χ2n) is 7.21. The highest BCUT2D eigenvalue weighted by atomic mass is 17.2. The largest absolute Gasteiger partial charge is 0.345 e. The molecule has 2 unspecified atom stereocenters. The van der Waals surface area contributed by atoms with Crippen LogP contribution in [0, 0.1) is 17.3 Å². The first-order valence-corrected chi connectivity index (χ1v) is 6.49. The van der Waals surface area contributed by atoms with Crippen LogP contribution in [-0.2, 0) is 14.6 Å². The molecule has 0 aromatic carbocycles. The fraction of sp³-hybridized carbons (Fsp3) is 0.929. The van der Waals surface area contributed by atoms with E-state index in [9.17, 15) is 4.79 Å². The molecular weight excluding hydrogens is 216 g/mol. The zero-order valence-corrected chi connectivity index (χ0v) is 12.0. The standard InChI is InChI=1S/C14H26O3/c1-10-7-11(9-14(5,6)8-10)12(15)16-17-13(2,3)4/h10-11H,7-9H2,1-6H3. The van der Waals surface area contributed by atoms with Gasteiger partial charge in [0, 0.05) is 0 Å². The van der Waals surface area contributed by atoms with E-state index in [2.05, 4.69) is 20.8 Å². The van der Waals surface area contributed by atoms with Gasteiger partial charge in [0.25, 0.3) is 0 Å². The molecule has 3 nitrogen and oxygen atoms in total. The van der Waals surface area contributed by atoms with Crippen LogP contribution in [0.1, 0.15) is 60.8 Å². The first-order valence-electron chi connectivity index (χ1n) is 6.49. The summed E-state index contributed by atoms with van der Waals surface area (Å²) < 4.78 is 0. The van der Waals surface area contributed by atoms with Gasteiger partial charge in [-0.05, 0) is 51.4 Å². The molecule has 1 rings (SSSR count). The summed E-state index contributed by atoms with van der Waals surface area (Å²) in [6, 6.07) is 0. The smallest absolute Gasteiger partial charge is 0.298 e. The van der Waals surface area contributed by atoms with Crippen molar-refractivity contribution in [3.8, 4) is 0 Å². The third-order valence-electron chi connectivity index (χ3n) is 3.09. The summed E-state index contributed by atoms with van der Waals surface area (Å²) in [7, 11) is 0. The average Bonchev–Trinajstić information content (AvgIpc) is 2.09. The summed E-state index contributed by atoms with van der Waals surface area (Å²) >= 11 is 0. The molecule has 1 saturated carbocycles. The Morgan fingerprint density at radius 1 is 1.24 bits per heavy atom. The normalized spacial score (nSPS) is 28.8. The van der Waals surface area contributed by atoms with Crippen molar-refractivity contribution in [1.29, 1.82) is 0 Å². The molecule has 0 aromatic rings. The quantitative estimate of drug-likeness (QED) is 0.547. The monoisotopic (exact) mass is 242 g/mol. The maximum atomic E-state index is 11.9. The lowest BCUT2D eigenvalue weighted by Crippen LogP contribution is -2.34. The lowest BCUT2D eigenvalue weighted by molar-refractivity contribution is -0.324. The number of rotatable bonds is 2. The number of hydrogen-bond acceptors (Lipinski definition) is 3. The van der Waals surface area contributed by atoms with Crippen molar-refractivity contribution in [2.45, 2.75) is 66.4 Å². The summed E-state index contributed by atoms with van der Waals surface area (Å²) in [6.07, 6.45) is 2.98. The van der Waals surface area contributed by atoms with Gasteiger partial charge in [0.2, 0.25) is 0 Å². The molecule has 1 fully saturated rings. The van der Waals surface area contributed by atoms with Crippen molar-refractivity contribution in [2.75, 3.05) is 0 Å². The molecule has 0 spiro atoms. The van der Waals surface area contributed by atoms with Crippen LogP contribution >= 0.6 is 0 Å². The summed E-state index contributed by atoms with van der Waals surface area (Å²) in [6.45, 7) is 12.2. The van der Waals surface area contributed by atoms with Gasteiger partial charge in [-0.3, -0.25) is 4.89 Å². The van der Waals surface area contributed by atoms with Gasteiger partial charge in [-0.15, -0.1) is 0 Å². The Hall–Kier alpha value is -0.570. The van der Waals surface area contributed by atoms with Crippen LogP contribution in [0.15, 0.2) is 0 Å². The van der Waals surface area contributed by atoms with E-state index in [0.29, 0.717) is 5.92 Å². The number of carbonyl (C=O) groups is 1. The van der Waals surface area contributed by atoms with Crippen LogP contribution in [0.25, 0.3) is 0 Å². The highest BCUT2D eigenvalue weighted by Gasteiger charge is 2.37. The van der Waals surface area contributed by atoms with E-state index in [0.717, 1.165) is 12.8 Å². The predicted octanol–water partition coefficient (Wildman–Crippen LogP) is 3.72. The van der Waals surface area contributed by atoms with Crippen LogP contribution in [0.3, 0.4) is 0 Å². The van der Waals surface area contributed by atoms with E-state index in [-0.39, 0.29) is 17.3 Å². The Morgan fingerprint density at radius 2 is 1.82 bits per heavy atom. The lowest BCUT2D eigenvalue weighted by atomic mass is 9.68. The first-order chi connectivity index (χ1) is 7.59. The van der Waals surface area contributed by atoms with E-state index in [1.54, 1.807) is 0 Å². The number of hydrogen-bond donors (Lipinski definition) is 0. The van der Waals surface area contributed by atoms with E-state index >= 15 is 0 Å². The third kappa shape index (κ3) is 5.07. The Kier molecular flexibility index (Phi) is 4.23. The van der Waals surface area contributed by atoms with E-state index < -0.39 is 5.60 Å². The summed E-state index contributed by atoms with van der Waals surface area (Å²) in [4.78, 5) is 22.0. The van der Waals surface area contributed by atoms with Crippen molar-refractivity contribution < 1.29 is 14.6 Å². The average molecular weight is 242 g/mol. The van der Waals surface area contributed by atoms with Gasteiger partial charge in [0.1, 0.15) is 5.60 Å². The van der Waals surface area contributed by atoms with E-state index in [1.165, 1.54) is 6.42 Å². The van der Waals surface area contributed by atoms with Crippen LogP contribution < -0.4 is 0 Å². The van der Waals surface area contributed by atoms with Crippen LogP contribution in [0.5, 0.6) is 0 Å². The summed E-state index contributed by atoms with van der Waals surface area (Å²) in [5.41, 5.74) is -0.214. The topological polar surface area (TPSA) is 35.5 Å². The molecular formula is C14H26O3. The number of carbonyl (C=O) groups excluding carboxylic acids is 1. The fourth-order valence-corrected chi connectivity index (χ4v) is 2.76. The second-order valence-corrected chi connectivity index (χ2v) is 7.21. The zero-order chi connectivity index (χ0) is 13.3. The van der Waals surface area contributed by atoms with Crippen molar-refractivity contribution >= 4 is 5.97 Å². The highest BCUT2D eigenvalue weighted by Crippen LogP contribution is 2.42. The zero-order valence-electron chi connectivity index (χ0n) is 12.0. The van der Waals surface area contributed by atoms with E-state index in [4.69, 9.17) is 9.78 Å². The molecule has 0 radical (unpaired) electrons. The molecule has 100 valence electrons. The molecule has 0 N–H and O–H groups in total. The minimum absolute atomic E-state index is 0.0175. The molecule has 2 atom stereocenters. The fourth-order valence-electron chi connectivity index (χ4n) is 2.76. The predicted molar refractivity (Wildman–Crippen MR) is 67.2 cm³/mol. The van der Waals surface area contributed by atoms with Gasteiger partial charge in [-0.2, -0.15) is 4.89 Å². The molecule has 3 heteroatoms. The molecule has 17 heavy (non-hydrogen) atoms. The van der Waals surface area contributed by atoms with Crippen molar-refractivity contribution in [3.05, 3.63) is 0 Å². The molecule has 0 aromatic heterocycles. The maximum absolute atomic E-state index is 11.9. The third-order valence-corrected chi connectivity index (χ3v) is 3.09. The van der Waals surface area contributed by atoms with Crippen LogP contribution in [-0.4, -0.2) is 11.6 Å². The molecule has 0 heterocycles. The van der Waals surface area contributed by atoms with Gasteiger partial charge < -0.3 is 0 Å². The van der Waals surface area contributed by atoms with Crippen LogP contribution in [0.4, 0.5) is 0 Å². The van der Waals surface area contributed by atoms with Gasteiger partial charge in [0.05, 0.1) is 5.92 Å². The lowest BCUT2D eigenvalue weighted by Gasteiger charge is -2.37. The second kappa shape index (κ2) is 4.97. The molecule has 0 aliphatic heterocycles. The molecule has 1 aliphatic rings. The summed E-state index contributed by atoms with van der Waals surface area (Å²) in [5, 5.41) is 0. The SMILES string of the molecule is CC1CC(C(=O)OOC(C)(C)C)CC(C)(C)C1. The first kappa shape index (κ1) is 14.5. The molecule has 0 amide bonds. The Labute approximate surface area is 105 Å². The van der Waals surface area contributed by atoms with Gasteiger partial charge >= 0.3 is 5.97 Å². The van der Waals surface area contributed by atoms with Gasteiger partial charge in [0.15, 0.2) is 0 Å². The van der Waals surface area contributed by atoms with Gasteiger partial charge in [-0.1, -0.05) is 20.8 Å². The molecule has 0 saturated heterocycles. The van der Waals surface area contributed by atoms with Crippen molar-refractivity contribution in [1.82, 2.24) is 0 Å². The van der Waals surface area contributed by atoms with Crippen molar-refractivity contribution in [3.63, 3.8) is 0 Å². The Morgan fingerprint density at radius 3 is 2.29 bits per heavy atom. The Bertz CT molecular complexity index is 276. The van der Waals surface area contributed by atoms with E-state index in [1.807, 2.05) is 20.8 Å². The maximum Gasteiger partial charge on any atom is 0.345 e. The highest BCUT2D eigenvalue weighted by molar-refractivity contribution is 5.72. The minimum atomic E-state index is -0.439. The minimum Gasteiger partial charge on any atom is -0.298 e. The van der Waals surface area contributed by atoms with Crippen molar-refractivity contribution in [2.24, 2.45) is 17.3 Å². The van der Waals surface area contributed by atoms with Gasteiger partial charge in [-0.25, -0.2) is 4.79 Å².